The first-order valence-electron chi connectivity index (χ1n) is 10.7. The smallest absolute Gasteiger partial charge is 0.335 e. The number of hydrogen-bond donors (Lipinski definition) is 3. The van der Waals surface area contributed by atoms with Crippen molar-refractivity contribution in [2.24, 2.45) is 0 Å². The fourth-order valence-corrected chi connectivity index (χ4v) is 5.45. The van der Waals surface area contributed by atoms with Crippen molar-refractivity contribution in [3.63, 3.8) is 0 Å². The molecular weight excluding hydrogens is 428 g/mol. The van der Waals surface area contributed by atoms with Crippen molar-refractivity contribution in [3.8, 4) is 11.1 Å². The molecule has 32 heavy (non-hydrogen) atoms. The van der Waals surface area contributed by atoms with E-state index in [2.05, 4.69) is 19.8 Å². The molecule has 0 aliphatic carbocycles. The summed E-state index contributed by atoms with van der Waals surface area (Å²) in [5, 5.41) is 16.1. The lowest BCUT2D eigenvalue weighted by Gasteiger charge is -2.31. The van der Waals surface area contributed by atoms with Gasteiger partial charge in [-0.25, -0.2) is 13.2 Å². The molecule has 0 atom stereocenters. The van der Waals surface area contributed by atoms with Crippen LogP contribution in [-0.4, -0.2) is 42.8 Å². The van der Waals surface area contributed by atoms with Crippen LogP contribution in [0.25, 0.3) is 11.1 Å². The van der Waals surface area contributed by atoms with Crippen LogP contribution >= 0.6 is 0 Å². The number of rotatable bonds is 7. The Kier molecular flexibility index (Phi) is 6.18. The summed E-state index contributed by atoms with van der Waals surface area (Å²) in [6.07, 6.45) is 7.16. The number of aromatic nitrogens is 2. The van der Waals surface area contributed by atoms with Gasteiger partial charge >= 0.3 is 5.97 Å². The Balaban J connectivity index is 1.78. The zero-order valence-corrected chi connectivity index (χ0v) is 18.7. The highest BCUT2D eigenvalue weighted by molar-refractivity contribution is 7.92. The molecule has 168 valence electrons. The van der Waals surface area contributed by atoms with Gasteiger partial charge in [-0.15, -0.1) is 0 Å². The highest BCUT2D eigenvalue weighted by atomic mass is 32.2. The van der Waals surface area contributed by atoms with Crippen molar-refractivity contribution in [2.75, 3.05) is 22.7 Å². The first kappa shape index (κ1) is 21.9. The molecule has 3 aromatic rings. The number of piperidine rings is 1. The summed E-state index contributed by atoms with van der Waals surface area (Å²) in [5.74, 6) is -1.17. The molecule has 0 radical (unpaired) electrons. The predicted molar refractivity (Wildman–Crippen MR) is 124 cm³/mol. The minimum absolute atomic E-state index is 0.0155. The van der Waals surface area contributed by atoms with E-state index in [9.17, 15) is 18.3 Å². The van der Waals surface area contributed by atoms with Crippen LogP contribution in [-0.2, 0) is 16.4 Å². The number of nitrogens with zero attached hydrogens (tertiary/aromatic N) is 2. The minimum Gasteiger partial charge on any atom is -0.478 e. The normalized spacial score (nSPS) is 14.3. The molecule has 9 heteroatoms. The Morgan fingerprint density at radius 2 is 1.91 bits per heavy atom. The van der Waals surface area contributed by atoms with Crippen molar-refractivity contribution in [1.82, 2.24) is 10.2 Å². The van der Waals surface area contributed by atoms with Crippen LogP contribution in [0.3, 0.4) is 0 Å². The van der Waals surface area contributed by atoms with Gasteiger partial charge in [0.1, 0.15) is 0 Å². The molecule has 4 rings (SSSR count). The molecule has 1 saturated heterocycles. The zero-order valence-electron chi connectivity index (χ0n) is 17.8. The summed E-state index contributed by atoms with van der Waals surface area (Å²) in [7, 11) is -4.02. The van der Waals surface area contributed by atoms with Crippen LogP contribution in [0.1, 0.15) is 42.1 Å². The maximum absolute atomic E-state index is 13.4. The van der Waals surface area contributed by atoms with Gasteiger partial charge in [0.15, 0.2) is 0 Å². The number of H-pyrrole nitrogens is 1. The fourth-order valence-electron chi connectivity index (χ4n) is 4.05. The molecule has 0 amide bonds. The molecule has 3 N–H and O–H groups in total. The van der Waals surface area contributed by atoms with Crippen LogP contribution in [0.15, 0.2) is 53.7 Å². The second-order valence-electron chi connectivity index (χ2n) is 7.85. The van der Waals surface area contributed by atoms with Gasteiger partial charge in [0, 0.05) is 24.8 Å². The van der Waals surface area contributed by atoms with Gasteiger partial charge in [-0.05, 0) is 61.1 Å². The minimum atomic E-state index is -4.02. The Bertz CT molecular complexity index is 1220. The number of hydrogen-bond acceptors (Lipinski definition) is 5. The van der Waals surface area contributed by atoms with Gasteiger partial charge in [-0.3, -0.25) is 9.82 Å². The van der Waals surface area contributed by atoms with Gasteiger partial charge < -0.3 is 10.0 Å². The Morgan fingerprint density at radius 1 is 1.12 bits per heavy atom. The molecule has 0 spiro atoms. The molecule has 2 aromatic carbocycles. The van der Waals surface area contributed by atoms with Crippen LogP contribution in [0.2, 0.25) is 0 Å². The van der Waals surface area contributed by atoms with E-state index in [1.807, 2.05) is 19.1 Å². The van der Waals surface area contributed by atoms with Crippen LogP contribution in [0, 0.1) is 0 Å². The monoisotopic (exact) mass is 454 g/mol. The van der Waals surface area contributed by atoms with Gasteiger partial charge in [-0.2, -0.15) is 5.10 Å². The molecule has 1 fully saturated rings. The standard InChI is InChI=1S/C23H26N4O4S/c1-2-16-6-7-18(23(28)29)13-22(16)32(30,31)26-20-12-17(19-14-24-25-15-19)8-9-21(20)27-10-4-3-5-11-27/h6-9,12-15,26H,2-5,10-11H2,1H3,(H,24,25)(H,28,29). The molecule has 0 bridgehead atoms. The first-order valence-corrected chi connectivity index (χ1v) is 12.1. The van der Waals surface area contributed by atoms with Crippen molar-refractivity contribution < 1.29 is 18.3 Å². The van der Waals surface area contributed by atoms with E-state index in [1.165, 1.54) is 12.1 Å². The number of carbonyl (C=O) groups is 1. The second kappa shape index (κ2) is 9.04. The summed E-state index contributed by atoms with van der Waals surface area (Å²) in [6, 6.07) is 9.91. The van der Waals surface area contributed by atoms with Crippen molar-refractivity contribution in [2.45, 2.75) is 37.5 Å². The third kappa shape index (κ3) is 4.47. The summed E-state index contributed by atoms with van der Waals surface area (Å²) in [5.41, 5.74) is 3.45. The third-order valence-corrected chi connectivity index (χ3v) is 7.20. The van der Waals surface area contributed by atoms with Crippen LogP contribution in [0.4, 0.5) is 11.4 Å². The van der Waals surface area contributed by atoms with E-state index in [0.29, 0.717) is 17.7 Å². The Morgan fingerprint density at radius 3 is 2.56 bits per heavy atom. The highest BCUT2D eigenvalue weighted by Gasteiger charge is 2.24. The molecule has 0 saturated carbocycles. The van der Waals surface area contributed by atoms with E-state index < -0.39 is 16.0 Å². The topological polar surface area (TPSA) is 115 Å². The number of carboxylic acids is 1. The van der Waals surface area contributed by atoms with Gasteiger partial charge in [0.05, 0.1) is 28.0 Å². The number of aromatic amines is 1. The number of sulfonamides is 1. The molecular formula is C23H26N4O4S. The highest BCUT2D eigenvalue weighted by Crippen LogP contribution is 2.35. The zero-order chi connectivity index (χ0) is 22.7. The lowest BCUT2D eigenvalue weighted by Crippen LogP contribution is -2.30. The number of carboxylic acid groups (broad SMARTS) is 1. The molecule has 2 heterocycles. The molecule has 1 aliphatic rings. The molecule has 1 aliphatic heterocycles. The van der Waals surface area contributed by atoms with E-state index in [0.717, 1.165) is 49.2 Å². The lowest BCUT2D eigenvalue weighted by molar-refractivity contribution is 0.0696. The van der Waals surface area contributed by atoms with Crippen LogP contribution < -0.4 is 9.62 Å². The summed E-state index contributed by atoms with van der Waals surface area (Å²) >= 11 is 0. The van der Waals surface area contributed by atoms with Gasteiger partial charge in [-0.1, -0.05) is 19.1 Å². The lowest BCUT2D eigenvalue weighted by atomic mass is 10.1. The number of nitrogens with one attached hydrogen (secondary N) is 2. The van der Waals surface area contributed by atoms with Crippen molar-refractivity contribution in [1.29, 1.82) is 0 Å². The van der Waals surface area contributed by atoms with E-state index in [1.54, 1.807) is 24.5 Å². The first-order chi connectivity index (χ1) is 15.4. The van der Waals surface area contributed by atoms with E-state index in [-0.39, 0.29) is 10.5 Å². The Hall–Kier alpha value is -3.33. The van der Waals surface area contributed by atoms with Crippen LogP contribution in [0.5, 0.6) is 0 Å². The average molecular weight is 455 g/mol. The second-order valence-corrected chi connectivity index (χ2v) is 9.50. The summed E-state index contributed by atoms with van der Waals surface area (Å²) < 4.78 is 29.6. The Labute approximate surface area is 187 Å². The van der Waals surface area contributed by atoms with E-state index in [4.69, 9.17) is 0 Å². The van der Waals surface area contributed by atoms with Crippen molar-refractivity contribution in [3.05, 3.63) is 59.9 Å². The van der Waals surface area contributed by atoms with Gasteiger partial charge in [0.2, 0.25) is 0 Å². The number of anilines is 2. The van der Waals surface area contributed by atoms with Crippen molar-refractivity contribution >= 4 is 27.4 Å². The number of aromatic carboxylic acids is 1. The maximum Gasteiger partial charge on any atom is 0.335 e. The number of aryl methyl sites for hydroxylation is 1. The van der Waals surface area contributed by atoms with E-state index >= 15 is 0 Å². The predicted octanol–water partition coefficient (Wildman–Crippen LogP) is 4.13. The SMILES string of the molecule is CCc1ccc(C(=O)O)cc1S(=O)(=O)Nc1cc(-c2cn[nH]c2)ccc1N1CCCCC1. The average Bonchev–Trinajstić information content (AvgIpc) is 3.34. The quantitative estimate of drug-likeness (QED) is 0.494. The van der Waals surface area contributed by atoms with Gasteiger partial charge in [0.25, 0.3) is 10.0 Å². The summed E-state index contributed by atoms with van der Waals surface area (Å²) in [4.78, 5) is 13.6. The summed E-state index contributed by atoms with van der Waals surface area (Å²) in [6.45, 7) is 3.55. The number of benzene rings is 2. The molecule has 1 aromatic heterocycles. The fraction of sp³-hybridized carbons (Fsp3) is 0.304. The largest absolute Gasteiger partial charge is 0.478 e. The molecule has 8 nitrogen and oxygen atoms in total. The maximum atomic E-state index is 13.4. The third-order valence-electron chi connectivity index (χ3n) is 5.75. The molecule has 0 unspecified atom stereocenters.